The van der Waals surface area contributed by atoms with Gasteiger partial charge >= 0.3 is 17.9 Å². The van der Waals surface area contributed by atoms with Gasteiger partial charge in [-0.25, -0.2) is 0 Å². The summed E-state index contributed by atoms with van der Waals surface area (Å²) in [5.41, 5.74) is 0. The Labute approximate surface area is 344 Å². The maximum Gasteiger partial charge on any atom is 0.309 e. The molecule has 0 aliphatic carbocycles. The van der Waals surface area contributed by atoms with Gasteiger partial charge in [0.05, 0.1) is 6.42 Å². The fourth-order valence-corrected chi connectivity index (χ4v) is 5.72. The molecule has 0 fully saturated rings. The number of ether oxygens (including phenoxy) is 3. The summed E-state index contributed by atoms with van der Waals surface area (Å²) in [5.74, 6) is -1.08. The van der Waals surface area contributed by atoms with E-state index in [0.717, 1.165) is 96.3 Å². The number of carbonyl (C=O) groups is 3. The van der Waals surface area contributed by atoms with Gasteiger partial charge in [0.1, 0.15) is 13.2 Å². The first-order valence-corrected chi connectivity index (χ1v) is 22.6. The monoisotopic (exact) mass is 779 g/mol. The second-order valence-electron chi connectivity index (χ2n) is 14.6. The smallest absolute Gasteiger partial charge is 0.309 e. The van der Waals surface area contributed by atoms with E-state index in [1.807, 2.05) is 6.08 Å². The Morgan fingerprint density at radius 3 is 1.29 bits per heavy atom. The lowest BCUT2D eigenvalue weighted by Crippen LogP contribution is -2.30. The molecule has 0 amide bonds. The minimum atomic E-state index is -0.821. The molecule has 0 radical (unpaired) electrons. The summed E-state index contributed by atoms with van der Waals surface area (Å²) in [5, 5.41) is 0. The van der Waals surface area contributed by atoms with Crippen LogP contribution >= 0.6 is 0 Å². The summed E-state index contributed by atoms with van der Waals surface area (Å²) in [4.78, 5) is 37.6. The van der Waals surface area contributed by atoms with E-state index in [1.165, 1.54) is 57.8 Å². The summed E-state index contributed by atoms with van der Waals surface area (Å²) in [6, 6.07) is 0. The van der Waals surface area contributed by atoms with E-state index in [2.05, 4.69) is 93.7 Å². The van der Waals surface area contributed by atoms with Crippen LogP contribution in [0.3, 0.4) is 0 Å². The van der Waals surface area contributed by atoms with Crippen LogP contribution in [0.4, 0.5) is 0 Å². The van der Waals surface area contributed by atoms with E-state index in [-0.39, 0.29) is 31.6 Å². The van der Waals surface area contributed by atoms with Crippen molar-refractivity contribution in [1.82, 2.24) is 0 Å². The Kier molecular flexibility index (Phi) is 41.6. The third-order valence-electron chi connectivity index (χ3n) is 9.14. The lowest BCUT2D eigenvalue weighted by Gasteiger charge is -2.18. The molecule has 0 heterocycles. The Hall–Kier alpha value is -3.41. The largest absolute Gasteiger partial charge is 0.462 e. The van der Waals surface area contributed by atoms with Gasteiger partial charge in [0.2, 0.25) is 0 Å². The van der Waals surface area contributed by atoms with Crippen LogP contribution in [0.2, 0.25) is 0 Å². The standard InChI is InChI=1S/C50H82O6/c1-4-7-10-13-16-19-22-24-25-26-29-31-34-37-40-43-49(52)55-46-47(45-54-48(51)42-39-36-33-30-27-21-18-15-12-9-6-3)56-50(53)44-41-38-35-32-28-23-20-17-14-11-8-5-2/h7,10,15-20,24-25,29,31,37,40,47H,4-6,8-9,11-14,21-23,26-28,30,32-36,38-39,41-46H2,1-3H3/b10-7-,18-15-,19-16-,20-17-,25-24-,31-29-,40-37-. The predicted molar refractivity (Wildman–Crippen MR) is 237 cm³/mol. The van der Waals surface area contributed by atoms with Crippen molar-refractivity contribution in [2.45, 2.75) is 200 Å². The summed E-state index contributed by atoms with van der Waals surface area (Å²) in [6.45, 7) is 6.33. The number of hydrogen-bond donors (Lipinski definition) is 0. The number of rotatable bonds is 39. The maximum absolute atomic E-state index is 12.7. The number of carbonyl (C=O) groups excluding carboxylic acids is 3. The van der Waals surface area contributed by atoms with Gasteiger partial charge in [-0.05, 0) is 89.9 Å². The first-order valence-electron chi connectivity index (χ1n) is 22.6. The molecule has 0 aliphatic heterocycles. The predicted octanol–water partition coefficient (Wildman–Crippen LogP) is 14.5. The van der Waals surface area contributed by atoms with Crippen molar-refractivity contribution < 1.29 is 28.6 Å². The zero-order valence-corrected chi connectivity index (χ0v) is 36.1. The Morgan fingerprint density at radius 2 is 0.786 bits per heavy atom. The van der Waals surface area contributed by atoms with Crippen molar-refractivity contribution >= 4 is 17.9 Å². The van der Waals surface area contributed by atoms with Crippen LogP contribution in [-0.2, 0) is 28.6 Å². The fourth-order valence-electron chi connectivity index (χ4n) is 5.72. The molecule has 0 spiro atoms. The molecule has 6 nitrogen and oxygen atoms in total. The summed E-state index contributed by atoms with van der Waals surface area (Å²) >= 11 is 0. The molecule has 318 valence electrons. The minimum absolute atomic E-state index is 0.115. The van der Waals surface area contributed by atoms with Gasteiger partial charge in [0, 0.05) is 12.8 Å². The minimum Gasteiger partial charge on any atom is -0.462 e. The third-order valence-corrected chi connectivity index (χ3v) is 9.14. The van der Waals surface area contributed by atoms with Crippen molar-refractivity contribution in [2.24, 2.45) is 0 Å². The Morgan fingerprint density at radius 1 is 0.393 bits per heavy atom. The average molecular weight is 779 g/mol. The lowest BCUT2D eigenvalue weighted by molar-refractivity contribution is -0.166. The molecular formula is C50H82O6. The highest BCUT2D eigenvalue weighted by Gasteiger charge is 2.19. The number of esters is 3. The highest BCUT2D eigenvalue weighted by atomic mass is 16.6. The van der Waals surface area contributed by atoms with Crippen LogP contribution < -0.4 is 0 Å². The summed E-state index contributed by atoms with van der Waals surface area (Å²) < 4.78 is 16.6. The van der Waals surface area contributed by atoms with Crippen LogP contribution in [0.15, 0.2) is 85.1 Å². The molecule has 0 rings (SSSR count). The fraction of sp³-hybridized carbons (Fsp3) is 0.660. The molecule has 0 saturated carbocycles. The van der Waals surface area contributed by atoms with Gasteiger partial charge in [-0.15, -0.1) is 0 Å². The van der Waals surface area contributed by atoms with Crippen LogP contribution in [0.25, 0.3) is 0 Å². The SMILES string of the molecule is CC/C=C\C/C=C\C/C=C\C/C=C\C/C=C\CC(=O)OCC(COC(=O)CCCCCCC/C=C\CCCC)OC(=O)CCCCCCC/C=C\CCCCC. The van der Waals surface area contributed by atoms with Crippen molar-refractivity contribution in [3.8, 4) is 0 Å². The zero-order valence-electron chi connectivity index (χ0n) is 36.1. The van der Waals surface area contributed by atoms with Gasteiger partial charge < -0.3 is 14.2 Å². The molecule has 0 saturated heterocycles. The Bertz CT molecular complexity index is 1120. The molecule has 6 heteroatoms. The van der Waals surface area contributed by atoms with E-state index in [9.17, 15) is 14.4 Å². The zero-order chi connectivity index (χ0) is 40.8. The molecule has 0 aromatic heterocycles. The Balaban J connectivity index is 4.55. The molecule has 1 unspecified atom stereocenters. The number of allylic oxidation sites excluding steroid dienone is 13. The van der Waals surface area contributed by atoms with Crippen LogP contribution in [0.5, 0.6) is 0 Å². The maximum atomic E-state index is 12.7. The molecule has 56 heavy (non-hydrogen) atoms. The van der Waals surface area contributed by atoms with E-state index in [0.29, 0.717) is 12.8 Å². The highest BCUT2D eigenvalue weighted by Crippen LogP contribution is 2.12. The molecule has 1 atom stereocenters. The van der Waals surface area contributed by atoms with Crippen molar-refractivity contribution in [3.63, 3.8) is 0 Å². The second-order valence-corrected chi connectivity index (χ2v) is 14.6. The van der Waals surface area contributed by atoms with Gasteiger partial charge in [-0.1, -0.05) is 170 Å². The number of unbranched alkanes of at least 4 members (excludes halogenated alkanes) is 15. The van der Waals surface area contributed by atoms with E-state index < -0.39 is 12.1 Å². The van der Waals surface area contributed by atoms with Crippen molar-refractivity contribution in [3.05, 3.63) is 85.1 Å². The van der Waals surface area contributed by atoms with Gasteiger partial charge in [0.25, 0.3) is 0 Å². The second kappa shape index (κ2) is 44.3. The van der Waals surface area contributed by atoms with Crippen molar-refractivity contribution in [1.29, 1.82) is 0 Å². The van der Waals surface area contributed by atoms with E-state index >= 15 is 0 Å². The van der Waals surface area contributed by atoms with Gasteiger partial charge in [0.15, 0.2) is 6.10 Å². The third kappa shape index (κ3) is 41.7. The van der Waals surface area contributed by atoms with Crippen LogP contribution in [0.1, 0.15) is 194 Å². The average Bonchev–Trinajstić information content (AvgIpc) is 3.19. The summed E-state index contributed by atoms with van der Waals surface area (Å²) in [7, 11) is 0. The van der Waals surface area contributed by atoms with Crippen molar-refractivity contribution in [2.75, 3.05) is 13.2 Å². The van der Waals surface area contributed by atoms with Gasteiger partial charge in [-0.2, -0.15) is 0 Å². The molecule has 0 bridgehead atoms. The van der Waals surface area contributed by atoms with E-state index in [1.54, 1.807) is 6.08 Å². The van der Waals surface area contributed by atoms with Crippen LogP contribution in [-0.4, -0.2) is 37.2 Å². The quantitative estimate of drug-likeness (QED) is 0.0268. The van der Waals surface area contributed by atoms with Crippen LogP contribution in [0, 0.1) is 0 Å². The molecule has 0 aromatic rings. The van der Waals surface area contributed by atoms with Gasteiger partial charge in [-0.3, -0.25) is 14.4 Å². The number of hydrogen-bond acceptors (Lipinski definition) is 6. The van der Waals surface area contributed by atoms with E-state index in [4.69, 9.17) is 14.2 Å². The molecule has 0 N–H and O–H groups in total. The highest BCUT2D eigenvalue weighted by molar-refractivity contribution is 5.72. The first kappa shape index (κ1) is 52.6. The first-order chi connectivity index (χ1) is 27.5. The lowest BCUT2D eigenvalue weighted by atomic mass is 10.1. The topological polar surface area (TPSA) is 78.9 Å². The summed E-state index contributed by atoms with van der Waals surface area (Å²) in [6.07, 6.45) is 55.9. The molecular weight excluding hydrogens is 697 g/mol. The normalized spacial score (nSPS) is 12.8. The molecule has 0 aliphatic rings. The molecule has 0 aromatic carbocycles.